The molecule has 0 fully saturated rings. The summed E-state index contributed by atoms with van der Waals surface area (Å²) in [6.07, 6.45) is 2.83. The molecular formula is C18H17N3O5. The van der Waals surface area contributed by atoms with Crippen LogP contribution in [-0.4, -0.2) is 15.8 Å². The van der Waals surface area contributed by atoms with Crippen LogP contribution in [0.1, 0.15) is 30.9 Å². The minimum absolute atomic E-state index is 0.106. The Hall–Kier alpha value is -3.55. The molecule has 2 rings (SSSR count). The highest BCUT2D eigenvalue weighted by Crippen LogP contribution is 2.28. The largest absolute Gasteiger partial charge is 0.317 e. The van der Waals surface area contributed by atoms with Crippen molar-refractivity contribution in [3.05, 3.63) is 79.9 Å². The first kappa shape index (κ1) is 18.8. The second kappa shape index (κ2) is 8.02. The Labute approximate surface area is 149 Å². The maximum atomic E-state index is 12.0. The molecule has 0 bridgehead atoms. The van der Waals surface area contributed by atoms with E-state index in [1.807, 2.05) is 24.3 Å². The summed E-state index contributed by atoms with van der Waals surface area (Å²) in [4.78, 5) is 32.3. The first-order chi connectivity index (χ1) is 12.3. The van der Waals surface area contributed by atoms with Crippen LogP contribution in [0, 0.1) is 20.2 Å². The Morgan fingerprint density at radius 2 is 1.69 bits per heavy atom. The molecule has 0 saturated carbocycles. The van der Waals surface area contributed by atoms with Crippen LogP contribution in [0.25, 0.3) is 6.08 Å². The van der Waals surface area contributed by atoms with Gasteiger partial charge in [-0.1, -0.05) is 38.1 Å². The van der Waals surface area contributed by atoms with E-state index in [9.17, 15) is 25.0 Å². The molecule has 0 spiro atoms. The third-order valence-corrected chi connectivity index (χ3v) is 3.68. The Balaban J connectivity index is 2.14. The zero-order chi connectivity index (χ0) is 19.3. The number of carbonyl (C=O) groups is 1. The van der Waals surface area contributed by atoms with Gasteiger partial charge in [0, 0.05) is 12.1 Å². The van der Waals surface area contributed by atoms with Gasteiger partial charge < -0.3 is 5.32 Å². The van der Waals surface area contributed by atoms with Gasteiger partial charge in [-0.3, -0.25) is 25.0 Å². The van der Waals surface area contributed by atoms with Crippen molar-refractivity contribution < 1.29 is 14.6 Å². The van der Waals surface area contributed by atoms with E-state index in [0.29, 0.717) is 5.92 Å². The molecule has 1 amide bonds. The molecule has 0 aliphatic rings. The zero-order valence-electron chi connectivity index (χ0n) is 14.2. The number of rotatable bonds is 6. The third kappa shape index (κ3) is 4.73. The number of amides is 1. The van der Waals surface area contributed by atoms with Crippen molar-refractivity contribution >= 4 is 29.0 Å². The lowest BCUT2D eigenvalue weighted by Gasteiger charge is -2.05. The summed E-state index contributed by atoms with van der Waals surface area (Å²) in [7, 11) is 0. The Morgan fingerprint density at radius 1 is 1.04 bits per heavy atom. The number of non-ortho nitro benzene ring substituents is 1. The van der Waals surface area contributed by atoms with E-state index in [1.54, 1.807) is 6.08 Å². The van der Waals surface area contributed by atoms with Gasteiger partial charge in [-0.2, -0.15) is 0 Å². The lowest BCUT2D eigenvalue weighted by atomic mass is 10.0. The van der Waals surface area contributed by atoms with Crippen molar-refractivity contribution in [3.8, 4) is 0 Å². The van der Waals surface area contributed by atoms with E-state index < -0.39 is 27.1 Å². The number of nitrogens with zero attached hydrogens (tertiary/aromatic N) is 2. The summed E-state index contributed by atoms with van der Waals surface area (Å²) in [5.74, 6) is -0.172. The Kier molecular flexibility index (Phi) is 5.79. The zero-order valence-corrected chi connectivity index (χ0v) is 14.2. The molecule has 0 saturated heterocycles. The van der Waals surface area contributed by atoms with Crippen LogP contribution in [0.2, 0.25) is 0 Å². The van der Waals surface area contributed by atoms with E-state index in [0.717, 1.165) is 23.8 Å². The molecule has 0 atom stereocenters. The molecule has 2 aromatic rings. The summed E-state index contributed by atoms with van der Waals surface area (Å²) >= 11 is 0. The topological polar surface area (TPSA) is 115 Å². The summed E-state index contributed by atoms with van der Waals surface area (Å²) in [6.45, 7) is 4.16. The van der Waals surface area contributed by atoms with Crippen LogP contribution in [0.3, 0.4) is 0 Å². The molecular weight excluding hydrogens is 338 g/mol. The van der Waals surface area contributed by atoms with Gasteiger partial charge in [-0.15, -0.1) is 0 Å². The van der Waals surface area contributed by atoms with Gasteiger partial charge in [0.15, 0.2) is 0 Å². The van der Waals surface area contributed by atoms with Crippen molar-refractivity contribution in [1.29, 1.82) is 0 Å². The van der Waals surface area contributed by atoms with Crippen molar-refractivity contribution in [2.45, 2.75) is 19.8 Å². The lowest BCUT2D eigenvalue weighted by Crippen LogP contribution is -2.09. The number of anilines is 1. The number of benzene rings is 2. The second-order valence-electron chi connectivity index (χ2n) is 5.86. The Morgan fingerprint density at radius 3 is 2.23 bits per heavy atom. The number of carbonyl (C=O) groups excluding carboxylic acids is 1. The molecule has 2 aromatic carbocycles. The predicted molar refractivity (Wildman–Crippen MR) is 97.9 cm³/mol. The van der Waals surface area contributed by atoms with Gasteiger partial charge in [0.05, 0.1) is 15.9 Å². The molecule has 0 unspecified atom stereocenters. The summed E-state index contributed by atoms with van der Waals surface area (Å²) < 4.78 is 0. The SMILES string of the molecule is CC(C)c1ccc(C=CC(=O)Nc2ccc([N+](=O)[O-])cc2[N+](=O)[O-])cc1. The van der Waals surface area contributed by atoms with Gasteiger partial charge in [0.25, 0.3) is 11.4 Å². The molecule has 26 heavy (non-hydrogen) atoms. The minimum atomic E-state index is -0.781. The van der Waals surface area contributed by atoms with Crippen LogP contribution in [0.4, 0.5) is 17.1 Å². The summed E-state index contributed by atoms with van der Waals surface area (Å²) in [6, 6.07) is 10.7. The maximum Gasteiger partial charge on any atom is 0.299 e. The molecule has 0 radical (unpaired) electrons. The summed E-state index contributed by atoms with van der Waals surface area (Å²) in [5, 5.41) is 24.1. The highest BCUT2D eigenvalue weighted by atomic mass is 16.6. The number of hydrogen-bond acceptors (Lipinski definition) is 5. The third-order valence-electron chi connectivity index (χ3n) is 3.68. The smallest absolute Gasteiger partial charge is 0.299 e. The van der Waals surface area contributed by atoms with Gasteiger partial charge in [0.2, 0.25) is 5.91 Å². The van der Waals surface area contributed by atoms with Crippen LogP contribution < -0.4 is 5.32 Å². The molecule has 1 N–H and O–H groups in total. The van der Waals surface area contributed by atoms with E-state index in [1.165, 1.54) is 11.6 Å². The van der Waals surface area contributed by atoms with Crippen molar-refractivity contribution in [2.75, 3.05) is 5.32 Å². The maximum absolute atomic E-state index is 12.0. The molecule has 8 heteroatoms. The molecule has 0 aliphatic heterocycles. The molecule has 0 heterocycles. The quantitative estimate of drug-likeness (QED) is 0.472. The number of nitro groups is 2. The average molecular weight is 355 g/mol. The van der Waals surface area contributed by atoms with Crippen LogP contribution >= 0.6 is 0 Å². The fourth-order valence-corrected chi connectivity index (χ4v) is 2.23. The average Bonchev–Trinajstić information content (AvgIpc) is 2.60. The van der Waals surface area contributed by atoms with Gasteiger partial charge >= 0.3 is 0 Å². The lowest BCUT2D eigenvalue weighted by molar-refractivity contribution is -0.393. The van der Waals surface area contributed by atoms with Gasteiger partial charge in [-0.25, -0.2) is 0 Å². The fraction of sp³-hybridized carbons (Fsp3) is 0.167. The molecule has 8 nitrogen and oxygen atoms in total. The van der Waals surface area contributed by atoms with Gasteiger partial charge in [0.1, 0.15) is 5.69 Å². The predicted octanol–water partition coefficient (Wildman–Crippen LogP) is 4.28. The second-order valence-corrected chi connectivity index (χ2v) is 5.86. The van der Waals surface area contributed by atoms with Crippen LogP contribution in [0.5, 0.6) is 0 Å². The van der Waals surface area contributed by atoms with Crippen LogP contribution in [0.15, 0.2) is 48.5 Å². The monoisotopic (exact) mass is 355 g/mol. The van der Waals surface area contributed by atoms with E-state index in [4.69, 9.17) is 0 Å². The summed E-state index contributed by atoms with van der Waals surface area (Å²) in [5.41, 5.74) is 0.916. The van der Waals surface area contributed by atoms with Gasteiger partial charge in [-0.05, 0) is 29.2 Å². The van der Waals surface area contributed by atoms with Crippen molar-refractivity contribution in [3.63, 3.8) is 0 Å². The van der Waals surface area contributed by atoms with E-state index >= 15 is 0 Å². The fourth-order valence-electron chi connectivity index (χ4n) is 2.23. The number of nitrogens with one attached hydrogen (secondary N) is 1. The van der Waals surface area contributed by atoms with E-state index in [2.05, 4.69) is 19.2 Å². The standard InChI is InChI=1S/C18H17N3O5/c1-12(2)14-6-3-13(4-7-14)5-10-18(22)19-16-9-8-15(20(23)24)11-17(16)21(25)26/h3-12H,1-2H3,(H,19,22). The first-order valence-electron chi connectivity index (χ1n) is 7.80. The van der Waals surface area contributed by atoms with Crippen molar-refractivity contribution in [2.24, 2.45) is 0 Å². The number of hydrogen-bond donors (Lipinski definition) is 1. The highest BCUT2D eigenvalue weighted by Gasteiger charge is 2.20. The van der Waals surface area contributed by atoms with E-state index in [-0.39, 0.29) is 5.69 Å². The molecule has 0 aromatic heterocycles. The first-order valence-corrected chi connectivity index (χ1v) is 7.80. The molecule has 0 aliphatic carbocycles. The normalized spacial score (nSPS) is 10.9. The number of nitro benzene ring substituents is 2. The highest BCUT2D eigenvalue weighted by molar-refractivity contribution is 6.03. The molecule has 134 valence electrons. The van der Waals surface area contributed by atoms with Crippen molar-refractivity contribution in [1.82, 2.24) is 0 Å². The Bertz CT molecular complexity index is 873. The minimum Gasteiger partial charge on any atom is -0.317 e. The van der Waals surface area contributed by atoms with Crippen LogP contribution in [-0.2, 0) is 4.79 Å².